The highest BCUT2D eigenvalue weighted by Gasteiger charge is 2.51. The number of likely N-dealkylation sites (tertiary alicyclic amines) is 1. The van der Waals surface area contributed by atoms with Crippen LogP contribution in [-0.4, -0.2) is 42.2 Å². The zero-order valence-electron chi connectivity index (χ0n) is 22.6. The molecule has 3 aromatic rings. The summed E-state index contributed by atoms with van der Waals surface area (Å²) in [6.45, 7) is 11.0. The molecule has 1 aromatic heterocycles. The quantitative estimate of drug-likeness (QED) is 0.375. The number of hydrogen-bond acceptors (Lipinski definition) is 3. The molecule has 2 fully saturated rings. The average molecular weight is 489 g/mol. The molecule has 1 saturated heterocycles. The highest BCUT2D eigenvalue weighted by Crippen LogP contribution is 2.53. The van der Waals surface area contributed by atoms with Crippen LogP contribution in [0.25, 0.3) is 10.9 Å². The summed E-state index contributed by atoms with van der Waals surface area (Å²) in [5, 5.41) is 1.20. The Morgan fingerprint density at radius 2 is 1.75 bits per heavy atom. The number of hydrogen-bond donors (Lipinski definition) is 0. The van der Waals surface area contributed by atoms with Gasteiger partial charge in [0.2, 0.25) is 5.91 Å². The third kappa shape index (κ3) is 4.49. The number of carbonyl (C=O) groups excluding carboxylic acids is 1. The molecule has 5 heteroatoms. The van der Waals surface area contributed by atoms with Crippen LogP contribution in [-0.2, 0) is 11.3 Å². The van der Waals surface area contributed by atoms with E-state index in [1.54, 1.807) is 14.2 Å². The minimum absolute atomic E-state index is 0.0968. The van der Waals surface area contributed by atoms with E-state index >= 15 is 0 Å². The zero-order valence-corrected chi connectivity index (χ0v) is 22.6. The van der Waals surface area contributed by atoms with Crippen LogP contribution in [0, 0.1) is 10.8 Å². The van der Waals surface area contributed by atoms with Crippen molar-refractivity contribution in [2.75, 3.05) is 20.8 Å². The molecule has 0 spiro atoms. The Kier molecular flexibility index (Phi) is 6.30. The molecular formula is C31H40N2O3. The number of ether oxygens (including phenoxy) is 2. The molecule has 5 nitrogen and oxygen atoms in total. The minimum Gasteiger partial charge on any atom is -0.497 e. The number of rotatable bonds is 7. The summed E-state index contributed by atoms with van der Waals surface area (Å²) in [5.41, 5.74) is 3.93. The van der Waals surface area contributed by atoms with Gasteiger partial charge in [-0.3, -0.25) is 4.79 Å². The number of nitrogens with zero attached hydrogens (tertiary/aromatic N) is 2. The number of amides is 1. The van der Waals surface area contributed by atoms with Gasteiger partial charge in [-0.25, -0.2) is 0 Å². The fraction of sp³-hybridized carbons (Fsp3) is 0.516. The Bertz CT molecular complexity index is 1250. The number of aryl methyl sites for hydroxylation is 1. The van der Waals surface area contributed by atoms with E-state index in [9.17, 15) is 4.79 Å². The molecule has 2 heterocycles. The van der Waals surface area contributed by atoms with E-state index in [1.165, 1.54) is 22.9 Å². The average Bonchev–Trinajstić information content (AvgIpc) is 3.35. The van der Waals surface area contributed by atoms with E-state index in [0.29, 0.717) is 12.5 Å². The minimum atomic E-state index is -0.0968. The highest BCUT2D eigenvalue weighted by atomic mass is 16.5. The molecule has 2 aliphatic rings. The molecule has 1 amide bonds. The number of aromatic nitrogens is 1. The predicted octanol–water partition coefficient (Wildman–Crippen LogP) is 6.63. The van der Waals surface area contributed by atoms with Gasteiger partial charge in [0, 0.05) is 54.6 Å². The van der Waals surface area contributed by atoms with Gasteiger partial charge >= 0.3 is 0 Å². The lowest BCUT2D eigenvalue weighted by molar-refractivity contribution is -0.132. The van der Waals surface area contributed by atoms with Gasteiger partial charge < -0.3 is 18.9 Å². The van der Waals surface area contributed by atoms with Gasteiger partial charge in [0.05, 0.1) is 14.2 Å². The van der Waals surface area contributed by atoms with E-state index in [4.69, 9.17) is 9.47 Å². The maximum absolute atomic E-state index is 14.1. The SMILES string of the molecule is CCn1cc(C(CC(=O)N2CC3(C)CC2CC(C)(C)C3)c2cc(OC)cc(OC)c2)c2ccccc21. The summed E-state index contributed by atoms with van der Waals surface area (Å²) in [6.07, 6.45) is 6.05. The van der Waals surface area contributed by atoms with Crippen LogP contribution in [0.5, 0.6) is 11.5 Å². The topological polar surface area (TPSA) is 43.7 Å². The van der Waals surface area contributed by atoms with Crippen LogP contribution in [0.15, 0.2) is 48.7 Å². The van der Waals surface area contributed by atoms with E-state index < -0.39 is 0 Å². The smallest absolute Gasteiger partial charge is 0.223 e. The molecule has 0 N–H and O–H groups in total. The van der Waals surface area contributed by atoms with Gasteiger partial charge in [-0.2, -0.15) is 0 Å². The Labute approximate surface area is 215 Å². The summed E-state index contributed by atoms with van der Waals surface area (Å²) >= 11 is 0. The lowest BCUT2D eigenvalue weighted by atomic mass is 9.65. The molecule has 192 valence electrons. The summed E-state index contributed by atoms with van der Waals surface area (Å²) < 4.78 is 13.5. The Morgan fingerprint density at radius 3 is 2.42 bits per heavy atom. The van der Waals surface area contributed by atoms with Crippen molar-refractivity contribution in [2.24, 2.45) is 10.8 Å². The van der Waals surface area contributed by atoms with Gasteiger partial charge in [0.1, 0.15) is 11.5 Å². The fourth-order valence-electron chi connectivity index (χ4n) is 7.30. The van der Waals surface area contributed by atoms with Crippen molar-refractivity contribution in [3.05, 3.63) is 59.8 Å². The van der Waals surface area contributed by atoms with E-state index in [-0.39, 0.29) is 22.7 Å². The van der Waals surface area contributed by atoms with Crippen molar-refractivity contribution in [2.45, 2.75) is 71.9 Å². The number of para-hydroxylation sites is 1. The van der Waals surface area contributed by atoms with E-state index in [0.717, 1.165) is 43.0 Å². The van der Waals surface area contributed by atoms with Crippen LogP contribution in [0.3, 0.4) is 0 Å². The van der Waals surface area contributed by atoms with Crippen molar-refractivity contribution in [1.29, 1.82) is 0 Å². The van der Waals surface area contributed by atoms with E-state index in [1.807, 2.05) is 6.07 Å². The summed E-state index contributed by atoms with van der Waals surface area (Å²) in [6, 6.07) is 14.9. The van der Waals surface area contributed by atoms with Gasteiger partial charge in [-0.05, 0) is 66.3 Å². The van der Waals surface area contributed by atoms with Crippen molar-refractivity contribution >= 4 is 16.8 Å². The van der Waals surface area contributed by atoms with Gasteiger partial charge in [-0.15, -0.1) is 0 Å². The van der Waals surface area contributed by atoms with Crippen LogP contribution in [0.4, 0.5) is 0 Å². The highest BCUT2D eigenvalue weighted by molar-refractivity contribution is 5.87. The second-order valence-electron chi connectivity index (χ2n) is 12.0. The van der Waals surface area contributed by atoms with E-state index in [2.05, 4.69) is 79.8 Å². The third-order valence-corrected chi connectivity index (χ3v) is 8.43. The molecule has 3 unspecified atom stereocenters. The van der Waals surface area contributed by atoms with Crippen molar-refractivity contribution in [1.82, 2.24) is 9.47 Å². The van der Waals surface area contributed by atoms with Crippen LogP contribution in [0.1, 0.15) is 70.4 Å². The maximum atomic E-state index is 14.1. The summed E-state index contributed by atoms with van der Waals surface area (Å²) in [4.78, 5) is 16.3. The predicted molar refractivity (Wildman–Crippen MR) is 145 cm³/mol. The molecule has 1 aliphatic carbocycles. The van der Waals surface area contributed by atoms with Crippen molar-refractivity contribution in [3.8, 4) is 11.5 Å². The molecule has 5 rings (SSSR count). The Hall–Kier alpha value is -2.95. The zero-order chi connectivity index (χ0) is 25.7. The monoisotopic (exact) mass is 488 g/mol. The number of carbonyl (C=O) groups is 1. The molecule has 3 atom stereocenters. The van der Waals surface area contributed by atoms with Crippen molar-refractivity contribution in [3.63, 3.8) is 0 Å². The molecular weight excluding hydrogens is 448 g/mol. The fourth-order valence-corrected chi connectivity index (χ4v) is 7.30. The molecule has 2 aromatic carbocycles. The first kappa shape index (κ1) is 24.7. The second kappa shape index (κ2) is 9.17. The third-order valence-electron chi connectivity index (χ3n) is 8.43. The largest absolute Gasteiger partial charge is 0.497 e. The molecule has 36 heavy (non-hydrogen) atoms. The first-order chi connectivity index (χ1) is 17.1. The van der Waals surface area contributed by atoms with Crippen molar-refractivity contribution < 1.29 is 14.3 Å². The molecule has 1 aliphatic heterocycles. The normalized spacial score (nSPS) is 23.6. The standard InChI is InChI=1S/C31H40N2O3/c1-7-32-18-27(25-10-8-9-11-28(25)32)26(21-12-23(35-5)14-24(13-21)36-6)15-29(34)33-20-31(4)17-22(33)16-30(2,3)19-31/h8-14,18,22,26H,7,15-17,19-20H2,1-6H3. The first-order valence-corrected chi connectivity index (χ1v) is 13.3. The Balaban J connectivity index is 1.57. The lowest BCUT2D eigenvalue weighted by Crippen LogP contribution is -2.38. The Morgan fingerprint density at radius 1 is 1.06 bits per heavy atom. The maximum Gasteiger partial charge on any atom is 0.223 e. The molecule has 2 bridgehead atoms. The van der Waals surface area contributed by atoms with Crippen LogP contribution >= 0.6 is 0 Å². The van der Waals surface area contributed by atoms with Gasteiger partial charge in [-0.1, -0.05) is 39.0 Å². The molecule has 1 saturated carbocycles. The van der Waals surface area contributed by atoms with Gasteiger partial charge in [0.25, 0.3) is 0 Å². The summed E-state index contributed by atoms with van der Waals surface area (Å²) in [7, 11) is 3.35. The van der Waals surface area contributed by atoms with Gasteiger partial charge in [0.15, 0.2) is 0 Å². The number of benzene rings is 2. The van der Waals surface area contributed by atoms with Crippen LogP contribution in [0.2, 0.25) is 0 Å². The number of methoxy groups -OCH3 is 2. The lowest BCUT2D eigenvalue weighted by Gasteiger charge is -2.39. The second-order valence-corrected chi connectivity index (χ2v) is 12.0. The first-order valence-electron chi connectivity index (χ1n) is 13.3. The van der Waals surface area contributed by atoms with Crippen LogP contribution < -0.4 is 9.47 Å². The molecule has 0 radical (unpaired) electrons. The summed E-state index contributed by atoms with van der Waals surface area (Å²) in [5.74, 6) is 1.64. The number of fused-ring (bicyclic) bond motifs is 3.